The second kappa shape index (κ2) is 10.2. The van der Waals surface area contributed by atoms with Gasteiger partial charge in [-0.3, -0.25) is 19.3 Å². The average Bonchev–Trinajstić information content (AvgIpc) is 3.38. The predicted molar refractivity (Wildman–Crippen MR) is 129 cm³/mol. The minimum atomic E-state index is -0.214. The van der Waals surface area contributed by atoms with Gasteiger partial charge in [0.05, 0.1) is 29.3 Å². The molecule has 1 aromatic heterocycles. The Morgan fingerprint density at radius 3 is 2.54 bits per heavy atom. The molecule has 3 heterocycles. The van der Waals surface area contributed by atoms with Gasteiger partial charge in [-0.05, 0) is 44.7 Å². The van der Waals surface area contributed by atoms with E-state index in [1.807, 2.05) is 12.1 Å². The van der Waals surface area contributed by atoms with E-state index >= 15 is 0 Å². The lowest BCUT2D eigenvalue weighted by molar-refractivity contribution is -0.125. The molecule has 1 saturated carbocycles. The van der Waals surface area contributed by atoms with Gasteiger partial charge in [0.15, 0.2) is 0 Å². The highest BCUT2D eigenvalue weighted by atomic mass is 16.6. The third-order valence-corrected chi connectivity index (χ3v) is 7.67. The lowest BCUT2D eigenvalue weighted by Gasteiger charge is -2.34. The Labute approximate surface area is 205 Å². The van der Waals surface area contributed by atoms with Gasteiger partial charge in [-0.25, -0.2) is 4.63 Å². The topological polar surface area (TPSA) is 109 Å². The van der Waals surface area contributed by atoms with Gasteiger partial charge in [-0.1, -0.05) is 48.5 Å². The average molecular weight is 480 g/mol. The minimum absolute atomic E-state index is 0.0232. The number of nitrogens with zero attached hydrogens (tertiary/aromatic N) is 4. The van der Waals surface area contributed by atoms with Crippen molar-refractivity contribution >= 4 is 23.4 Å². The molecule has 0 bridgehead atoms. The lowest BCUT2D eigenvalue weighted by Crippen LogP contribution is -2.44. The molecule has 9 heteroatoms. The highest BCUT2D eigenvalue weighted by Gasteiger charge is 2.42. The van der Waals surface area contributed by atoms with Crippen LogP contribution in [-0.2, 0) is 11.3 Å². The van der Waals surface area contributed by atoms with Gasteiger partial charge in [0, 0.05) is 19.1 Å². The number of nitrogens with one attached hydrogen (secondary N) is 1. The maximum Gasteiger partial charge on any atom is 0.263 e. The minimum Gasteiger partial charge on any atom is -0.370 e. The number of benzene rings is 1. The molecule has 1 N–H and O–H groups in total. The van der Waals surface area contributed by atoms with Crippen molar-refractivity contribution in [2.45, 2.75) is 77.3 Å². The zero-order chi connectivity index (χ0) is 24.4. The molecule has 1 saturated heterocycles. The normalized spacial score (nSPS) is 21.6. The van der Waals surface area contributed by atoms with Crippen LogP contribution in [0.2, 0.25) is 0 Å². The first kappa shape index (κ1) is 23.5. The second-order valence-corrected chi connectivity index (χ2v) is 9.98. The van der Waals surface area contributed by atoms with Crippen LogP contribution in [0.1, 0.15) is 89.9 Å². The van der Waals surface area contributed by atoms with Crippen LogP contribution in [-0.4, -0.2) is 52.1 Å². The number of aromatic nitrogens is 2. The van der Waals surface area contributed by atoms with Crippen molar-refractivity contribution in [2.24, 2.45) is 5.92 Å². The molecule has 0 spiro atoms. The first-order valence-electron chi connectivity index (χ1n) is 12.9. The zero-order valence-electron chi connectivity index (χ0n) is 20.3. The molecule has 9 nitrogen and oxygen atoms in total. The van der Waals surface area contributed by atoms with Crippen molar-refractivity contribution in [3.8, 4) is 0 Å². The summed E-state index contributed by atoms with van der Waals surface area (Å²) in [5, 5.41) is 10.5. The summed E-state index contributed by atoms with van der Waals surface area (Å²) in [6.45, 7) is 3.31. The number of fused-ring (bicyclic) bond motifs is 1. The van der Waals surface area contributed by atoms with Crippen molar-refractivity contribution < 1.29 is 19.0 Å². The third kappa shape index (κ3) is 4.68. The molecule has 35 heavy (non-hydrogen) atoms. The summed E-state index contributed by atoms with van der Waals surface area (Å²) in [4.78, 5) is 43.5. The van der Waals surface area contributed by atoms with E-state index in [9.17, 15) is 14.4 Å². The lowest BCUT2D eigenvalue weighted by atomic mass is 9.95. The fraction of sp³-hybridized carbons (Fsp3) is 0.577. The summed E-state index contributed by atoms with van der Waals surface area (Å²) >= 11 is 0. The van der Waals surface area contributed by atoms with Crippen molar-refractivity contribution in [3.63, 3.8) is 0 Å². The van der Waals surface area contributed by atoms with Gasteiger partial charge in [-0.15, -0.1) is 0 Å². The van der Waals surface area contributed by atoms with Crippen molar-refractivity contribution in [1.82, 2.24) is 20.5 Å². The van der Waals surface area contributed by atoms with E-state index in [0.717, 1.165) is 63.6 Å². The number of carbonyl (C=O) groups is 3. The zero-order valence-corrected chi connectivity index (χ0v) is 20.3. The molecule has 0 unspecified atom stereocenters. The molecular weight excluding hydrogens is 446 g/mol. The molecule has 2 aliphatic heterocycles. The van der Waals surface area contributed by atoms with E-state index in [1.165, 1.54) is 11.3 Å². The SMILES string of the molecule is Cc1nonc1CNC(=O)[C@H]1CCCN(c2cccc3c2C(=O)N(C2CCCCCCC2)C3=O)C1. The van der Waals surface area contributed by atoms with E-state index < -0.39 is 0 Å². The van der Waals surface area contributed by atoms with Gasteiger partial charge in [0.2, 0.25) is 5.91 Å². The smallest absolute Gasteiger partial charge is 0.263 e. The number of anilines is 1. The number of piperidine rings is 1. The van der Waals surface area contributed by atoms with E-state index in [4.69, 9.17) is 4.63 Å². The molecule has 2 aromatic rings. The summed E-state index contributed by atoms with van der Waals surface area (Å²) < 4.78 is 4.70. The van der Waals surface area contributed by atoms with Gasteiger partial charge in [0.25, 0.3) is 11.8 Å². The van der Waals surface area contributed by atoms with Crippen LogP contribution in [0.5, 0.6) is 0 Å². The van der Waals surface area contributed by atoms with E-state index in [1.54, 1.807) is 13.0 Å². The Kier molecular flexibility index (Phi) is 6.83. The molecular formula is C26H33N5O4. The standard InChI is InChI=1S/C26H33N5O4/c1-17-21(29-35-28-17)15-27-24(32)18-9-8-14-30(16-18)22-13-7-12-20-23(22)26(34)31(25(20)33)19-10-5-3-2-4-6-11-19/h7,12-13,18-19H,2-6,8-11,14-16H2,1H3,(H,27,32)/t18-/m0/s1. The molecule has 1 aliphatic carbocycles. The molecule has 3 amide bonds. The largest absolute Gasteiger partial charge is 0.370 e. The number of amides is 3. The summed E-state index contributed by atoms with van der Waals surface area (Å²) in [5.74, 6) is -0.607. The van der Waals surface area contributed by atoms with Crippen LogP contribution >= 0.6 is 0 Å². The second-order valence-electron chi connectivity index (χ2n) is 9.98. The van der Waals surface area contributed by atoms with Crippen molar-refractivity contribution in [3.05, 3.63) is 40.7 Å². The van der Waals surface area contributed by atoms with Crippen LogP contribution in [0.3, 0.4) is 0 Å². The monoisotopic (exact) mass is 479 g/mol. The molecule has 2 fully saturated rings. The van der Waals surface area contributed by atoms with E-state index in [-0.39, 0.29) is 36.2 Å². The summed E-state index contributed by atoms with van der Waals surface area (Å²) in [6.07, 6.45) is 9.03. The maximum atomic E-state index is 13.6. The van der Waals surface area contributed by atoms with Crippen LogP contribution in [0.4, 0.5) is 5.69 Å². The molecule has 0 radical (unpaired) electrons. The van der Waals surface area contributed by atoms with E-state index in [2.05, 4.69) is 20.5 Å². The van der Waals surface area contributed by atoms with Gasteiger partial charge in [0.1, 0.15) is 11.4 Å². The van der Waals surface area contributed by atoms with E-state index in [0.29, 0.717) is 29.1 Å². The summed E-state index contributed by atoms with van der Waals surface area (Å²) in [7, 11) is 0. The number of aryl methyl sites for hydroxylation is 1. The van der Waals surface area contributed by atoms with Crippen LogP contribution in [0.25, 0.3) is 0 Å². The van der Waals surface area contributed by atoms with Crippen LogP contribution < -0.4 is 10.2 Å². The van der Waals surface area contributed by atoms with Crippen molar-refractivity contribution in [2.75, 3.05) is 18.0 Å². The van der Waals surface area contributed by atoms with Crippen LogP contribution in [0, 0.1) is 12.8 Å². The van der Waals surface area contributed by atoms with Crippen molar-refractivity contribution in [1.29, 1.82) is 0 Å². The first-order chi connectivity index (χ1) is 17.0. The predicted octanol–water partition coefficient (Wildman–Crippen LogP) is 3.62. The summed E-state index contributed by atoms with van der Waals surface area (Å²) in [5.41, 5.74) is 3.04. The highest BCUT2D eigenvalue weighted by molar-refractivity contribution is 6.24. The molecule has 5 rings (SSSR count). The summed E-state index contributed by atoms with van der Waals surface area (Å²) in [6, 6.07) is 5.51. The number of hydrogen-bond acceptors (Lipinski definition) is 7. The Hall–Kier alpha value is -3.23. The molecule has 186 valence electrons. The maximum absolute atomic E-state index is 13.6. The Morgan fingerprint density at radius 1 is 1.03 bits per heavy atom. The number of carbonyl (C=O) groups excluding carboxylic acids is 3. The Bertz CT molecular complexity index is 1100. The molecule has 1 aromatic carbocycles. The van der Waals surface area contributed by atoms with Gasteiger partial charge >= 0.3 is 0 Å². The Balaban J connectivity index is 1.32. The van der Waals surface area contributed by atoms with Crippen LogP contribution in [0.15, 0.2) is 22.8 Å². The number of imide groups is 1. The fourth-order valence-corrected chi connectivity index (χ4v) is 5.71. The van der Waals surface area contributed by atoms with Gasteiger partial charge in [-0.2, -0.15) is 0 Å². The number of hydrogen-bond donors (Lipinski definition) is 1. The quantitative estimate of drug-likeness (QED) is 0.653. The Morgan fingerprint density at radius 2 is 1.80 bits per heavy atom. The third-order valence-electron chi connectivity index (χ3n) is 7.67. The van der Waals surface area contributed by atoms with Gasteiger partial charge < -0.3 is 10.2 Å². The fourth-order valence-electron chi connectivity index (χ4n) is 5.71. The highest BCUT2D eigenvalue weighted by Crippen LogP contribution is 2.36. The first-order valence-corrected chi connectivity index (χ1v) is 12.9. The number of rotatable bonds is 5. The molecule has 1 atom stereocenters. The molecule has 3 aliphatic rings.